The average Bonchev–Trinajstić information content (AvgIpc) is 3.11. The summed E-state index contributed by atoms with van der Waals surface area (Å²) >= 11 is 1.71. The molecular weight excluding hydrogens is 354 g/mol. The summed E-state index contributed by atoms with van der Waals surface area (Å²) in [6.07, 6.45) is 0. The lowest BCUT2D eigenvalue weighted by Crippen LogP contribution is -3.27. The SMILES string of the molecule is C[C@@H](NS(=O)(=O)c1ccccc1)[C@@H](c1cccs1)[NH+]1CC[NH+](C)CC1. The van der Waals surface area contributed by atoms with Gasteiger partial charge in [-0.25, -0.2) is 13.1 Å². The predicted molar refractivity (Wildman–Crippen MR) is 101 cm³/mol. The molecule has 0 aliphatic carbocycles. The molecule has 5 nitrogen and oxygen atoms in total. The number of nitrogens with one attached hydrogen (secondary N) is 3. The van der Waals surface area contributed by atoms with Crippen molar-refractivity contribution in [2.45, 2.75) is 23.9 Å². The van der Waals surface area contributed by atoms with E-state index >= 15 is 0 Å². The Morgan fingerprint density at radius 1 is 1.04 bits per heavy atom. The highest BCUT2D eigenvalue weighted by atomic mass is 32.2. The molecule has 0 unspecified atom stereocenters. The molecule has 1 aliphatic heterocycles. The van der Waals surface area contributed by atoms with E-state index in [-0.39, 0.29) is 12.1 Å². The number of benzene rings is 1. The van der Waals surface area contributed by atoms with Gasteiger partial charge >= 0.3 is 0 Å². The van der Waals surface area contributed by atoms with Gasteiger partial charge in [0.1, 0.15) is 32.2 Å². The molecule has 3 N–H and O–H groups in total. The maximum atomic E-state index is 12.7. The number of sulfonamides is 1. The summed E-state index contributed by atoms with van der Waals surface area (Å²) in [6, 6.07) is 12.8. The second-order valence-corrected chi connectivity index (χ2v) is 9.52. The Morgan fingerprint density at radius 3 is 2.32 bits per heavy atom. The zero-order valence-corrected chi connectivity index (χ0v) is 16.4. The molecule has 2 atom stereocenters. The van der Waals surface area contributed by atoms with E-state index in [1.165, 1.54) is 9.78 Å². The molecule has 0 spiro atoms. The van der Waals surface area contributed by atoms with Gasteiger partial charge in [-0.1, -0.05) is 24.3 Å². The fraction of sp³-hybridized carbons (Fsp3) is 0.444. The Bertz CT molecular complexity index is 755. The first kappa shape index (κ1) is 18.5. The molecule has 7 heteroatoms. The summed E-state index contributed by atoms with van der Waals surface area (Å²) in [4.78, 5) is 4.59. The molecule has 1 saturated heterocycles. The molecule has 0 saturated carbocycles. The third kappa shape index (κ3) is 4.48. The van der Waals surface area contributed by atoms with Gasteiger partial charge in [-0.3, -0.25) is 0 Å². The van der Waals surface area contributed by atoms with E-state index in [9.17, 15) is 8.42 Å². The zero-order chi connectivity index (χ0) is 17.9. The number of piperazine rings is 1. The van der Waals surface area contributed by atoms with Crippen LogP contribution in [-0.2, 0) is 10.0 Å². The van der Waals surface area contributed by atoms with Gasteiger partial charge in [0, 0.05) is 0 Å². The molecular formula is C18H27N3O2S2+2. The minimum absolute atomic E-state index is 0.145. The van der Waals surface area contributed by atoms with Crippen LogP contribution in [0.15, 0.2) is 52.7 Å². The van der Waals surface area contributed by atoms with Gasteiger partial charge in [0.25, 0.3) is 0 Å². The molecule has 1 aromatic carbocycles. The minimum atomic E-state index is -3.51. The van der Waals surface area contributed by atoms with Gasteiger partial charge in [-0.05, 0) is 30.5 Å². The van der Waals surface area contributed by atoms with Gasteiger partial charge in [-0.15, -0.1) is 11.3 Å². The van der Waals surface area contributed by atoms with Gasteiger partial charge in [0.05, 0.1) is 22.9 Å². The highest BCUT2D eigenvalue weighted by Crippen LogP contribution is 2.21. The van der Waals surface area contributed by atoms with Crippen molar-refractivity contribution in [2.24, 2.45) is 0 Å². The highest BCUT2D eigenvalue weighted by Gasteiger charge is 2.36. The highest BCUT2D eigenvalue weighted by molar-refractivity contribution is 7.89. The first-order valence-corrected chi connectivity index (χ1v) is 11.1. The first-order chi connectivity index (χ1) is 12.0. The second-order valence-electron chi connectivity index (χ2n) is 6.83. The molecule has 25 heavy (non-hydrogen) atoms. The van der Waals surface area contributed by atoms with Gasteiger partial charge < -0.3 is 9.80 Å². The van der Waals surface area contributed by atoms with Crippen molar-refractivity contribution in [1.82, 2.24) is 4.72 Å². The van der Waals surface area contributed by atoms with Crippen molar-refractivity contribution in [3.63, 3.8) is 0 Å². The Morgan fingerprint density at radius 2 is 1.72 bits per heavy atom. The molecule has 1 aliphatic rings. The lowest BCUT2D eigenvalue weighted by Gasteiger charge is -2.35. The van der Waals surface area contributed by atoms with E-state index in [2.05, 4.69) is 23.2 Å². The van der Waals surface area contributed by atoms with Crippen molar-refractivity contribution in [3.8, 4) is 0 Å². The zero-order valence-electron chi connectivity index (χ0n) is 14.7. The Balaban J connectivity index is 1.81. The van der Waals surface area contributed by atoms with E-state index in [0.717, 1.165) is 26.2 Å². The van der Waals surface area contributed by atoms with Crippen LogP contribution < -0.4 is 14.5 Å². The summed E-state index contributed by atoms with van der Waals surface area (Å²) in [5, 5.41) is 2.07. The van der Waals surface area contributed by atoms with Crippen LogP contribution in [-0.4, -0.2) is 47.7 Å². The largest absolute Gasteiger partial charge is 0.328 e. The second kappa shape index (κ2) is 7.97. The Hall–Kier alpha value is -1.25. The van der Waals surface area contributed by atoms with Crippen LogP contribution >= 0.6 is 11.3 Å². The number of thiophene rings is 1. The van der Waals surface area contributed by atoms with E-state index < -0.39 is 10.0 Å². The monoisotopic (exact) mass is 381 g/mol. The fourth-order valence-electron chi connectivity index (χ4n) is 3.56. The molecule has 2 heterocycles. The van der Waals surface area contributed by atoms with Crippen LogP contribution in [0.2, 0.25) is 0 Å². The van der Waals surface area contributed by atoms with Crippen LogP contribution in [0.3, 0.4) is 0 Å². The van der Waals surface area contributed by atoms with Gasteiger partial charge in [0.15, 0.2) is 0 Å². The summed E-state index contributed by atoms with van der Waals surface area (Å²) in [6.45, 7) is 6.35. The smallest absolute Gasteiger partial charge is 0.241 e. The number of hydrogen-bond acceptors (Lipinski definition) is 3. The molecule has 3 rings (SSSR count). The molecule has 0 amide bonds. The predicted octanol–water partition coefficient (Wildman–Crippen LogP) is -0.431. The normalized spacial score (nSPS) is 23.9. The van der Waals surface area contributed by atoms with E-state index in [0.29, 0.717) is 4.90 Å². The van der Waals surface area contributed by atoms with E-state index in [1.807, 2.05) is 19.1 Å². The third-order valence-corrected chi connectivity index (χ3v) is 7.46. The molecule has 136 valence electrons. The molecule has 0 radical (unpaired) electrons. The molecule has 2 aromatic rings. The lowest BCUT2D eigenvalue weighted by molar-refractivity contribution is -1.02. The summed E-state index contributed by atoms with van der Waals surface area (Å²) in [5.74, 6) is 0. The molecule has 0 bridgehead atoms. The van der Waals surface area contributed by atoms with E-state index in [1.54, 1.807) is 40.5 Å². The minimum Gasteiger partial charge on any atom is -0.328 e. The summed E-state index contributed by atoms with van der Waals surface area (Å²) < 4.78 is 28.4. The Labute approximate surface area is 154 Å². The lowest BCUT2D eigenvalue weighted by atomic mass is 10.1. The first-order valence-electron chi connectivity index (χ1n) is 8.74. The van der Waals surface area contributed by atoms with Crippen molar-refractivity contribution in [1.29, 1.82) is 0 Å². The van der Waals surface area contributed by atoms with Crippen LogP contribution in [0.1, 0.15) is 17.8 Å². The van der Waals surface area contributed by atoms with Crippen LogP contribution in [0.25, 0.3) is 0 Å². The van der Waals surface area contributed by atoms with Gasteiger partial charge in [0.2, 0.25) is 10.0 Å². The van der Waals surface area contributed by atoms with Crippen LogP contribution in [0.4, 0.5) is 0 Å². The maximum Gasteiger partial charge on any atom is 0.241 e. The van der Waals surface area contributed by atoms with Crippen molar-refractivity contribution < 1.29 is 18.2 Å². The van der Waals surface area contributed by atoms with Crippen LogP contribution in [0.5, 0.6) is 0 Å². The topological polar surface area (TPSA) is 55.0 Å². The maximum absolute atomic E-state index is 12.7. The summed E-state index contributed by atoms with van der Waals surface area (Å²) in [7, 11) is -1.29. The Kier molecular flexibility index (Phi) is 5.91. The van der Waals surface area contributed by atoms with Crippen molar-refractivity contribution in [3.05, 3.63) is 52.7 Å². The quantitative estimate of drug-likeness (QED) is 0.636. The van der Waals surface area contributed by atoms with Gasteiger partial charge in [-0.2, -0.15) is 0 Å². The van der Waals surface area contributed by atoms with E-state index in [4.69, 9.17) is 0 Å². The standard InChI is InChI=1S/C18H25N3O2S2/c1-15(19-25(22,23)16-7-4-3-5-8-16)18(17-9-6-14-24-17)21-12-10-20(2)11-13-21/h3-9,14-15,18-19H,10-13H2,1-2H3/p+2/t15-,18+/m1/s1. The molecule has 1 aromatic heterocycles. The third-order valence-electron chi connectivity index (χ3n) is 4.93. The number of likely N-dealkylation sites (N-methyl/N-ethyl adjacent to an activating group) is 1. The molecule has 1 fully saturated rings. The van der Waals surface area contributed by atoms with Crippen molar-refractivity contribution >= 4 is 21.4 Å². The average molecular weight is 382 g/mol. The summed E-state index contributed by atoms with van der Waals surface area (Å²) in [5.41, 5.74) is 0. The number of quaternary nitrogens is 2. The van der Waals surface area contributed by atoms with Crippen molar-refractivity contribution in [2.75, 3.05) is 33.2 Å². The van der Waals surface area contributed by atoms with Crippen LogP contribution in [0, 0.1) is 0 Å². The number of hydrogen-bond donors (Lipinski definition) is 3. The number of rotatable bonds is 6. The fourth-order valence-corrected chi connectivity index (χ4v) is 5.82.